The molecule has 0 bridgehead atoms. The Hall–Kier alpha value is -1.39. The molecule has 0 aromatic heterocycles. The van der Waals surface area contributed by atoms with Gasteiger partial charge in [0.15, 0.2) is 5.84 Å². The summed E-state index contributed by atoms with van der Waals surface area (Å²) in [7, 11) is 0. The van der Waals surface area contributed by atoms with Crippen molar-refractivity contribution in [2.75, 3.05) is 0 Å². The van der Waals surface area contributed by atoms with Gasteiger partial charge in [0.05, 0.1) is 6.04 Å². The van der Waals surface area contributed by atoms with Crippen molar-refractivity contribution in [3.8, 4) is 0 Å². The number of allylic oxidation sites excluding steroid dienone is 2. The minimum Gasteiger partial charge on any atom is -0.258 e. The molecule has 0 saturated heterocycles. The van der Waals surface area contributed by atoms with E-state index in [9.17, 15) is 0 Å². The van der Waals surface area contributed by atoms with Gasteiger partial charge in [-0.15, -0.1) is 0 Å². The number of hydrogen-bond donors (Lipinski definition) is 2. The van der Waals surface area contributed by atoms with Crippen LogP contribution in [-0.2, 0) is 0 Å². The van der Waals surface area contributed by atoms with Gasteiger partial charge in [0.1, 0.15) is 0 Å². The summed E-state index contributed by atoms with van der Waals surface area (Å²) in [5, 5.41) is 1.04. The lowest BCUT2D eigenvalue weighted by Gasteiger charge is -2.24. The Balaban J connectivity index is 2.22. The van der Waals surface area contributed by atoms with E-state index in [1.54, 1.807) is 0 Å². The summed E-state index contributed by atoms with van der Waals surface area (Å²) < 4.78 is 0. The standard InChI is InChI=1S/C9H12N4/c10-13(11)9-6-5-7-3-1-2-4-8(7)12-9/h1-8H,10-11H2. The van der Waals surface area contributed by atoms with Crippen molar-refractivity contribution in [3.63, 3.8) is 0 Å². The van der Waals surface area contributed by atoms with Gasteiger partial charge in [0.2, 0.25) is 0 Å². The average Bonchev–Trinajstić information content (AvgIpc) is 2.17. The van der Waals surface area contributed by atoms with Crippen molar-refractivity contribution >= 4 is 5.84 Å². The molecule has 0 saturated carbocycles. The Morgan fingerprint density at radius 3 is 2.69 bits per heavy atom. The van der Waals surface area contributed by atoms with Gasteiger partial charge >= 0.3 is 0 Å². The van der Waals surface area contributed by atoms with E-state index < -0.39 is 0 Å². The largest absolute Gasteiger partial charge is 0.258 e. The van der Waals surface area contributed by atoms with Crippen LogP contribution in [0.2, 0.25) is 0 Å². The Morgan fingerprint density at radius 2 is 1.92 bits per heavy atom. The molecule has 0 spiro atoms. The second-order valence-corrected chi connectivity index (χ2v) is 3.09. The molecular formula is C9H12N4. The zero-order valence-electron chi connectivity index (χ0n) is 7.17. The smallest absolute Gasteiger partial charge is 0.153 e. The van der Waals surface area contributed by atoms with Crippen LogP contribution < -0.4 is 11.7 Å². The minimum absolute atomic E-state index is 0.152. The van der Waals surface area contributed by atoms with Gasteiger partial charge in [0, 0.05) is 5.92 Å². The highest BCUT2D eigenvalue weighted by molar-refractivity contribution is 5.93. The van der Waals surface area contributed by atoms with Crippen molar-refractivity contribution in [1.29, 1.82) is 0 Å². The molecule has 0 amide bonds. The van der Waals surface area contributed by atoms with E-state index in [1.165, 1.54) is 0 Å². The number of hydrazine groups is 2. The molecule has 2 aliphatic rings. The first kappa shape index (κ1) is 8.22. The van der Waals surface area contributed by atoms with Crippen LogP contribution in [0.25, 0.3) is 0 Å². The highest BCUT2D eigenvalue weighted by Crippen LogP contribution is 2.20. The third kappa shape index (κ3) is 1.54. The van der Waals surface area contributed by atoms with Crippen LogP contribution in [0.15, 0.2) is 41.4 Å². The van der Waals surface area contributed by atoms with Gasteiger partial charge < -0.3 is 0 Å². The van der Waals surface area contributed by atoms with Crippen LogP contribution in [-0.4, -0.2) is 17.0 Å². The molecule has 0 aromatic carbocycles. The number of aliphatic imine (C=N–C) groups is 1. The summed E-state index contributed by atoms with van der Waals surface area (Å²) in [5.74, 6) is 11.7. The SMILES string of the molecule is NN(N)C1=NC2C=CC=CC2C=C1. The molecule has 1 aliphatic heterocycles. The molecule has 2 atom stereocenters. The van der Waals surface area contributed by atoms with E-state index in [0.717, 1.165) is 5.12 Å². The van der Waals surface area contributed by atoms with Crippen LogP contribution >= 0.6 is 0 Å². The van der Waals surface area contributed by atoms with Gasteiger partial charge in [-0.05, 0) is 6.08 Å². The summed E-state index contributed by atoms with van der Waals surface area (Å²) in [5.41, 5.74) is 0. The Morgan fingerprint density at radius 1 is 1.15 bits per heavy atom. The lowest BCUT2D eigenvalue weighted by atomic mass is 9.93. The minimum atomic E-state index is 0.152. The molecular weight excluding hydrogens is 164 g/mol. The zero-order valence-corrected chi connectivity index (χ0v) is 7.17. The van der Waals surface area contributed by atoms with Gasteiger partial charge in [-0.25, -0.2) is 16.8 Å². The van der Waals surface area contributed by atoms with Gasteiger partial charge in [-0.2, -0.15) is 0 Å². The molecule has 1 aliphatic carbocycles. The first-order valence-corrected chi connectivity index (χ1v) is 4.18. The van der Waals surface area contributed by atoms with Crippen molar-refractivity contribution in [2.24, 2.45) is 22.6 Å². The fraction of sp³-hybridized carbons (Fsp3) is 0.222. The fourth-order valence-corrected chi connectivity index (χ4v) is 1.47. The maximum Gasteiger partial charge on any atom is 0.153 e. The quantitative estimate of drug-likeness (QED) is 0.407. The summed E-state index contributed by atoms with van der Waals surface area (Å²) in [4.78, 5) is 4.37. The number of dihydropyridines is 1. The summed E-state index contributed by atoms with van der Waals surface area (Å²) in [6.45, 7) is 0. The Bertz CT molecular complexity index is 312. The van der Waals surface area contributed by atoms with Crippen LogP contribution in [0, 0.1) is 5.92 Å². The van der Waals surface area contributed by atoms with Crippen molar-refractivity contribution in [3.05, 3.63) is 36.5 Å². The predicted molar refractivity (Wildman–Crippen MR) is 52.3 cm³/mol. The lowest BCUT2D eigenvalue weighted by molar-refractivity contribution is 0.458. The first-order chi connectivity index (χ1) is 6.27. The van der Waals surface area contributed by atoms with E-state index in [4.69, 9.17) is 11.7 Å². The summed E-state index contributed by atoms with van der Waals surface area (Å²) >= 11 is 0. The Labute approximate surface area is 76.9 Å². The number of rotatable bonds is 0. The summed E-state index contributed by atoms with van der Waals surface area (Å²) in [6.07, 6.45) is 12.0. The molecule has 4 N–H and O–H groups in total. The van der Waals surface area contributed by atoms with E-state index in [-0.39, 0.29) is 6.04 Å². The number of hydrogen-bond acceptors (Lipinski definition) is 4. The van der Waals surface area contributed by atoms with Crippen molar-refractivity contribution in [2.45, 2.75) is 6.04 Å². The highest BCUT2D eigenvalue weighted by Gasteiger charge is 2.19. The van der Waals surface area contributed by atoms with Gasteiger partial charge in [-0.1, -0.05) is 30.4 Å². The molecule has 68 valence electrons. The van der Waals surface area contributed by atoms with Crippen LogP contribution in [0.4, 0.5) is 0 Å². The lowest BCUT2D eigenvalue weighted by Crippen LogP contribution is -2.44. The monoisotopic (exact) mass is 176 g/mol. The summed E-state index contributed by atoms with van der Waals surface area (Å²) in [6, 6.07) is 0.152. The molecule has 0 fully saturated rings. The third-order valence-electron chi connectivity index (χ3n) is 2.16. The molecule has 0 aromatic rings. The molecule has 1 heterocycles. The predicted octanol–water partition coefficient (Wildman–Crippen LogP) is 0.115. The number of amidine groups is 1. The second-order valence-electron chi connectivity index (χ2n) is 3.09. The highest BCUT2D eigenvalue weighted by atomic mass is 15.6. The van der Waals surface area contributed by atoms with Crippen LogP contribution in [0.1, 0.15) is 0 Å². The maximum atomic E-state index is 5.38. The zero-order chi connectivity index (χ0) is 9.26. The molecule has 2 rings (SSSR count). The number of nitrogens with zero attached hydrogens (tertiary/aromatic N) is 2. The van der Waals surface area contributed by atoms with Crippen LogP contribution in [0.3, 0.4) is 0 Å². The third-order valence-corrected chi connectivity index (χ3v) is 2.16. The maximum absolute atomic E-state index is 5.38. The molecule has 13 heavy (non-hydrogen) atoms. The topological polar surface area (TPSA) is 67.6 Å². The molecule has 2 unspecified atom stereocenters. The molecule has 4 heteroatoms. The van der Waals surface area contributed by atoms with E-state index >= 15 is 0 Å². The van der Waals surface area contributed by atoms with Gasteiger partial charge in [0.25, 0.3) is 0 Å². The normalized spacial score (nSPS) is 29.8. The van der Waals surface area contributed by atoms with Crippen molar-refractivity contribution < 1.29 is 0 Å². The van der Waals surface area contributed by atoms with E-state index in [1.807, 2.05) is 24.3 Å². The second kappa shape index (κ2) is 3.16. The average molecular weight is 176 g/mol. The molecule has 0 radical (unpaired) electrons. The number of fused-ring (bicyclic) bond motifs is 1. The van der Waals surface area contributed by atoms with Crippen molar-refractivity contribution in [1.82, 2.24) is 5.12 Å². The van der Waals surface area contributed by atoms with E-state index in [2.05, 4.69) is 17.1 Å². The molecule has 4 nitrogen and oxygen atoms in total. The van der Waals surface area contributed by atoms with Crippen LogP contribution in [0.5, 0.6) is 0 Å². The van der Waals surface area contributed by atoms with E-state index in [0.29, 0.717) is 11.8 Å². The first-order valence-electron chi connectivity index (χ1n) is 4.18. The van der Waals surface area contributed by atoms with Gasteiger partial charge in [-0.3, -0.25) is 4.99 Å². The fourth-order valence-electron chi connectivity index (χ4n) is 1.47. The Kier molecular flexibility index (Phi) is 2.00. The number of nitrogens with two attached hydrogens (primary N) is 2.